The summed E-state index contributed by atoms with van der Waals surface area (Å²) in [4.78, 5) is 16.3. The van der Waals surface area contributed by atoms with Crippen molar-refractivity contribution < 1.29 is 14.3 Å². The Morgan fingerprint density at radius 1 is 1.38 bits per heavy atom. The standard InChI is InChI=1S/C14H16ClN3O3/c1-2-3-16-14-17-11(13(19)18-14)8-6-9(15)12-10(7-8)20-4-5-21-12/h6-7,11H,2-5H2,1H3,(H2,16,17,18,19). The Kier molecular flexibility index (Phi) is 3.88. The fourth-order valence-electron chi connectivity index (χ4n) is 2.27. The molecule has 2 N–H and O–H groups in total. The molecule has 0 aromatic heterocycles. The minimum Gasteiger partial charge on any atom is -0.486 e. The van der Waals surface area contributed by atoms with Gasteiger partial charge >= 0.3 is 0 Å². The van der Waals surface area contributed by atoms with E-state index in [-0.39, 0.29) is 5.91 Å². The quantitative estimate of drug-likeness (QED) is 0.890. The summed E-state index contributed by atoms with van der Waals surface area (Å²) in [7, 11) is 0. The monoisotopic (exact) mass is 309 g/mol. The Morgan fingerprint density at radius 3 is 3.00 bits per heavy atom. The molecule has 0 radical (unpaired) electrons. The summed E-state index contributed by atoms with van der Waals surface area (Å²) < 4.78 is 11.0. The largest absolute Gasteiger partial charge is 0.486 e. The second-order valence-electron chi connectivity index (χ2n) is 4.82. The molecule has 0 bridgehead atoms. The van der Waals surface area contributed by atoms with Crippen molar-refractivity contribution in [3.05, 3.63) is 22.7 Å². The van der Waals surface area contributed by atoms with Crippen LogP contribution >= 0.6 is 11.6 Å². The minimum absolute atomic E-state index is 0.155. The van der Waals surface area contributed by atoms with E-state index in [1.54, 1.807) is 12.1 Å². The molecular weight excluding hydrogens is 294 g/mol. The molecule has 1 atom stereocenters. The van der Waals surface area contributed by atoms with Crippen molar-refractivity contribution in [2.45, 2.75) is 19.4 Å². The molecule has 7 heteroatoms. The lowest BCUT2D eigenvalue weighted by molar-refractivity contribution is -0.120. The van der Waals surface area contributed by atoms with Crippen LogP contribution < -0.4 is 20.1 Å². The Hall–Kier alpha value is -1.95. The molecule has 1 aromatic rings. The van der Waals surface area contributed by atoms with E-state index in [0.29, 0.717) is 42.2 Å². The molecule has 1 saturated heterocycles. The van der Waals surface area contributed by atoms with Crippen LogP contribution in [0.4, 0.5) is 0 Å². The van der Waals surface area contributed by atoms with Gasteiger partial charge in [-0.2, -0.15) is 0 Å². The number of hydrogen-bond donors (Lipinski definition) is 2. The highest BCUT2D eigenvalue weighted by molar-refractivity contribution is 6.32. The van der Waals surface area contributed by atoms with Gasteiger partial charge in [-0.15, -0.1) is 0 Å². The van der Waals surface area contributed by atoms with E-state index < -0.39 is 6.04 Å². The third-order valence-corrected chi connectivity index (χ3v) is 3.51. The average Bonchev–Trinajstić information content (AvgIpc) is 2.86. The number of aliphatic imine (C=N–C) groups is 1. The molecule has 6 nitrogen and oxygen atoms in total. The SMILES string of the molecule is CCCN=C1NC(=O)C(c2cc(Cl)c3c(c2)OCCO3)N1. The van der Waals surface area contributed by atoms with E-state index in [2.05, 4.69) is 15.6 Å². The zero-order chi connectivity index (χ0) is 14.8. The van der Waals surface area contributed by atoms with Crippen LogP contribution in [0.1, 0.15) is 24.9 Å². The fraction of sp³-hybridized carbons (Fsp3) is 0.429. The van der Waals surface area contributed by atoms with E-state index in [1.807, 2.05) is 6.92 Å². The first-order valence-electron chi connectivity index (χ1n) is 6.90. The van der Waals surface area contributed by atoms with E-state index in [1.165, 1.54) is 0 Å². The minimum atomic E-state index is -0.520. The lowest BCUT2D eigenvalue weighted by Gasteiger charge is -2.21. The van der Waals surface area contributed by atoms with Crippen molar-refractivity contribution in [2.75, 3.05) is 19.8 Å². The van der Waals surface area contributed by atoms with Crippen molar-refractivity contribution in [3.8, 4) is 11.5 Å². The molecule has 2 aliphatic rings. The van der Waals surface area contributed by atoms with Gasteiger partial charge in [-0.05, 0) is 24.1 Å². The van der Waals surface area contributed by atoms with E-state index in [4.69, 9.17) is 21.1 Å². The summed E-state index contributed by atoms with van der Waals surface area (Å²) >= 11 is 6.20. The molecule has 1 unspecified atom stereocenters. The van der Waals surface area contributed by atoms with Crippen LogP contribution in [-0.2, 0) is 4.79 Å². The number of rotatable bonds is 3. The Labute approximate surface area is 127 Å². The number of fused-ring (bicyclic) bond motifs is 1. The van der Waals surface area contributed by atoms with Crippen LogP contribution in [0, 0.1) is 0 Å². The number of benzene rings is 1. The lowest BCUT2D eigenvalue weighted by Crippen LogP contribution is -2.25. The fourth-order valence-corrected chi connectivity index (χ4v) is 2.54. The Morgan fingerprint density at radius 2 is 2.19 bits per heavy atom. The van der Waals surface area contributed by atoms with Crippen molar-refractivity contribution in [2.24, 2.45) is 4.99 Å². The first-order chi connectivity index (χ1) is 10.2. The topological polar surface area (TPSA) is 72.0 Å². The number of carbonyl (C=O) groups is 1. The molecule has 0 saturated carbocycles. The zero-order valence-corrected chi connectivity index (χ0v) is 12.4. The predicted octanol–water partition coefficient (Wildman–Crippen LogP) is 1.64. The van der Waals surface area contributed by atoms with Gasteiger partial charge in [-0.3, -0.25) is 15.1 Å². The highest BCUT2D eigenvalue weighted by Crippen LogP contribution is 2.40. The van der Waals surface area contributed by atoms with E-state index >= 15 is 0 Å². The number of nitrogens with zero attached hydrogens (tertiary/aromatic N) is 1. The van der Waals surface area contributed by atoms with Gasteiger partial charge in [0.15, 0.2) is 17.5 Å². The molecule has 2 aliphatic heterocycles. The summed E-state index contributed by atoms with van der Waals surface area (Å²) in [6.07, 6.45) is 0.918. The number of carbonyl (C=O) groups excluding carboxylic acids is 1. The highest BCUT2D eigenvalue weighted by Gasteiger charge is 2.31. The highest BCUT2D eigenvalue weighted by atomic mass is 35.5. The van der Waals surface area contributed by atoms with Crippen molar-refractivity contribution >= 4 is 23.5 Å². The number of halogens is 1. The van der Waals surface area contributed by atoms with Crippen molar-refractivity contribution in [1.29, 1.82) is 0 Å². The van der Waals surface area contributed by atoms with E-state index in [0.717, 1.165) is 12.0 Å². The van der Waals surface area contributed by atoms with Crippen LogP contribution in [0.15, 0.2) is 17.1 Å². The average molecular weight is 310 g/mol. The molecular formula is C14H16ClN3O3. The van der Waals surface area contributed by atoms with Gasteiger partial charge in [0.1, 0.15) is 19.3 Å². The smallest absolute Gasteiger partial charge is 0.253 e. The Balaban J connectivity index is 1.87. The summed E-state index contributed by atoms with van der Waals surface area (Å²) in [5, 5.41) is 6.22. The molecule has 0 spiro atoms. The molecule has 112 valence electrons. The number of guanidine groups is 1. The van der Waals surface area contributed by atoms with Crippen LogP contribution in [0.3, 0.4) is 0 Å². The molecule has 0 aliphatic carbocycles. The second-order valence-corrected chi connectivity index (χ2v) is 5.23. The van der Waals surface area contributed by atoms with Crippen LogP contribution in [0.25, 0.3) is 0 Å². The van der Waals surface area contributed by atoms with E-state index in [9.17, 15) is 4.79 Å². The van der Waals surface area contributed by atoms with Crippen LogP contribution in [0.2, 0.25) is 5.02 Å². The third kappa shape index (κ3) is 2.76. The summed E-state index contributed by atoms with van der Waals surface area (Å²) in [5.41, 5.74) is 0.725. The molecule has 3 rings (SSSR count). The Bertz CT molecular complexity index is 603. The second kappa shape index (κ2) is 5.81. The molecule has 1 fully saturated rings. The summed E-state index contributed by atoms with van der Waals surface area (Å²) in [6.45, 7) is 3.64. The van der Waals surface area contributed by atoms with Crippen LogP contribution in [0.5, 0.6) is 11.5 Å². The lowest BCUT2D eigenvalue weighted by atomic mass is 10.1. The van der Waals surface area contributed by atoms with Crippen molar-refractivity contribution in [3.63, 3.8) is 0 Å². The zero-order valence-electron chi connectivity index (χ0n) is 11.6. The van der Waals surface area contributed by atoms with Gasteiger partial charge < -0.3 is 14.8 Å². The maximum Gasteiger partial charge on any atom is 0.253 e. The van der Waals surface area contributed by atoms with Crippen LogP contribution in [-0.4, -0.2) is 31.6 Å². The van der Waals surface area contributed by atoms with Gasteiger partial charge in [-0.1, -0.05) is 18.5 Å². The number of ether oxygens (including phenoxy) is 2. The molecule has 1 aromatic carbocycles. The first kappa shape index (κ1) is 14.0. The molecule has 21 heavy (non-hydrogen) atoms. The van der Waals surface area contributed by atoms with Gasteiger partial charge in [0.25, 0.3) is 5.91 Å². The third-order valence-electron chi connectivity index (χ3n) is 3.23. The molecule has 2 heterocycles. The van der Waals surface area contributed by atoms with Gasteiger partial charge in [0, 0.05) is 6.54 Å². The summed E-state index contributed by atoms with van der Waals surface area (Å²) in [5.74, 6) is 1.44. The van der Waals surface area contributed by atoms with Gasteiger partial charge in [-0.25, -0.2) is 0 Å². The predicted molar refractivity (Wildman–Crippen MR) is 79.1 cm³/mol. The number of amides is 1. The van der Waals surface area contributed by atoms with Gasteiger partial charge in [0.05, 0.1) is 5.02 Å². The summed E-state index contributed by atoms with van der Waals surface area (Å²) in [6, 6.07) is 2.98. The first-order valence-corrected chi connectivity index (χ1v) is 7.27. The maximum absolute atomic E-state index is 12.1. The normalized spacial score (nSPS) is 22.1. The van der Waals surface area contributed by atoms with Gasteiger partial charge in [0.2, 0.25) is 0 Å². The van der Waals surface area contributed by atoms with Crippen molar-refractivity contribution in [1.82, 2.24) is 10.6 Å². The number of hydrogen-bond acceptors (Lipinski definition) is 4. The molecule has 1 amide bonds. The maximum atomic E-state index is 12.1. The number of nitrogens with one attached hydrogen (secondary N) is 2.